The van der Waals surface area contributed by atoms with Crippen LogP contribution in [0.1, 0.15) is 42.5 Å². The van der Waals surface area contributed by atoms with E-state index in [0.717, 1.165) is 23.1 Å². The lowest BCUT2D eigenvalue weighted by molar-refractivity contribution is 0.244. The van der Waals surface area contributed by atoms with Crippen LogP contribution in [0.3, 0.4) is 0 Å². The number of urea groups is 1. The lowest BCUT2D eigenvalue weighted by Crippen LogP contribution is -2.46. The molecule has 6 nitrogen and oxygen atoms in total. The van der Waals surface area contributed by atoms with Crippen LogP contribution < -0.4 is 10.2 Å². The molecule has 1 aliphatic heterocycles. The number of aromatic nitrogens is 2. The maximum atomic E-state index is 13.6. The zero-order chi connectivity index (χ0) is 24.5. The number of amides is 2. The summed E-state index contributed by atoms with van der Waals surface area (Å²) in [4.78, 5) is 19.4. The van der Waals surface area contributed by atoms with E-state index in [1.807, 2.05) is 62.4 Å². The zero-order valence-electron chi connectivity index (χ0n) is 19.7. The first-order valence-corrected chi connectivity index (χ1v) is 11.5. The number of allylic oxidation sites excluding steroid dienone is 1. The highest BCUT2D eigenvalue weighted by atomic mass is 19.1. The number of hydrogen-bond acceptors (Lipinski definition) is 4. The molecule has 5 rings (SSSR count). The number of hydrogen-bond donors (Lipinski definition) is 1. The first-order valence-electron chi connectivity index (χ1n) is 11.5. The number of halogens is 1. The molecule has 0 fully saturated rings. The van der Waals surface area contributed by atoms with Gasteiger partial charge < -0.3 is 9.84 Å². The fourth-order valence-corrected chi connectivity index (χ4v) is 4.27. The van der Waals surface area contributed by atoms with E-state index in [1.54, 1.807) is 12.1 Å². The van der Waals surface area contributed by atoms with Gasteiger partial charge in [0.1, 0.15) is 5.82 Å². The fourth-order valence-electron chi connectivity index (χ4n) is 4.27. The summed E-state index contributed by atoms with van der Waals surface area (Å²) in [6.45, 7) is 5.95. The van der Waals surface area contributed by atoms with Crippen molar-refractivity contribution in [3.8, 4) is 11.4 Å². The van der Waals surface area contributed by atoms with Gasteiger partial charge >= 0.3 is 6.03 Å². The molecule has 0 radical (unpaired) electrons. The van der Waals surface area contributed by atoms with Crippen molar-refractivity contribution in [2.75, 3.05) is 4.90 Å². The van der Waals surface area contributed by atoms with Crippen LogP contribution in [0.2, 0.25) is 0 Å². The van der Waals surface area contributed by atoms with Gasteiger partial charge in [-0.15, -0.1) is 0 Å². The molecule has 2 heterocycles. The number of aryl methyl sites for hydroxylation is 2. The molecule has 0 aliphatic carbocycles. The van der Waals surface area contributed by atoms with Crippen LogP contribution in [-0.2, 0) is 6.42 Å². The van der Waals surface area contributed by atoms with Gasteiger partial charge in [0, 0.05) is 11.3 Å². The highest BCUT2D eigenvalue weighted by Crippen LogP contribution is 2.39. The van der Waals surface area contributed by atoms with E-state index < -0.39 is 6.04 Å². The van der Waals surface area contributed by atoms with Gasteiger partial charge in [0.15, 0.2) is 0 Å². The van der Waals surface area contributed by atoms with Crippen LogP contribution in [0.25, 0.3) is 17.0 Å². The highest BCUT2D eigenvalue weighted by molar-refractivity contribution is 6.01. The Morgan fingerprint density at radius 2 is 1.66 bits per heavy atom. The van der Waals surface area contributed by atoms with Gasteiger partial charge in [0.05, 0.1) is 17.3 Å². The van der Waals surface area contributed by atoms with E-state index in [-0.39, 0.29) is 11.8 Å². The first-order chi connectivity index (χ1) is 16.9. The summed E-state index contributed by atoms with van der Waals surface area (Å²) in [6, 6.07) is 21.0. The summed E-state index contributed by atoms with van der Waals surface area (Å²) in [5.74, 6) is 0.405. The molecule has 1 aromatic heterocycles. The molecule has 7 heteroatoms. The van der Waals surface area contributed by atoms with E-state index in [4.69, 9.17) is 4.52 Å². The number of nitrogens with zero attached hydrogens (tertiary/aromatic N) is 3. The van der Waals surface area contributed by atoms with Gasteiger partial charge in [-0.1, -0.05) is 66.2 Å². The second-order valence-electron chi connectivity index (χ2n) is 8.58. The van der Waals surface area contributed by atoms with E-state index in [1.165, 1.54) is 22.6 Å². The third-order valence-electron chi connectivity index (χ3n) is 6.26. The lowest BCUT2D eigenvalue weighted by Gasteiger charge is -2.35. The normalized spacial score (nSPS) is 15.9. The summed E-state index contributed by atoms with van der Waals surface area (Å²) in [6.07, 6.45) is 0.918. The van der Waals surface area contributed by atoms with Crippen molar-refractivity contribution >= 4 is 17.3 Å². The van der Waals surface area contributed by atoms with Crippen LogP contribution in [-0.4, -0.2) is 16.2 Å². The lowest BCUT2D eigenvalue weighted by atomic mass is 9.93. The van der Waals surface area contributed by atoms with E-state index in [0.29, 0.717) is 28.7 Å². The number of rotatable bonds is 5. The predicted molar refractivity (Wildman–Crippen MR) is 133 cm³/mol. The van der Waals surface area contributed by atoms with Gasteiger partial charge in [-0.2, -0.15) is 4.98 Å². The van der Waals surface area contributed by atoms with E-state index in [2.05, 4.69) is 22.4 Å². The largest absolute Gasteiger partial charge is 0.334 e. The van der Waals surface area contributed by atoms with E-state index in [9.17, 15) is 9.18 Å². The summed E-state index contributed by atoms with van der Waals surface area (Å²) in [7, 11) is 0. The van der Waals surface area contributed by atoms with Crippen molar-refractivity contribution in [3.63, 3.8) is 0 Å². The number of anilines is 1. The quantitative estimate of drug-likeness (QED) is 0.365. The monoisotopic (exact) mass is 468 g/mol. The molecule has 4 aromatic rings. The maximum Gasteiger partial charge on any atom is 0.326 e. The van der Waals surface area contributed by atoms with Crippen LogP contribution >= 0.6 is 0 Å². The Morgan fingerprint density at radius 3 is 2.31 bits per heavy atom. The number of nitrogens with one attached hydrogen (secondary N) is 1. The van der Waals surface area contributed by atoms with Crippen molar-refractivity contribution in [2.45, 2.75) is 33.2 Å². The number of carbonyl (C=O) groups excluding carboxylic acids is 1. The van der Waals surface area contributed by atoms with Crippen molar-refractivity contribution < 1.29 is 13.7 Å². The Morgan fingerprint density at radius 1 is 0.971 bits per heavy atom. The molecule has 0 bridgehead atoms. The molecule has 0 spiro atoms. The second-order valence-corrected chi connectivity index (χ2v) is 8.58. The molecule has 35 heavy (non-hydrogen) atoms. The number of benzene rings is 3. The summed E-state index contributed by atoms with van der Waals surface area (Å²) >= 11 is 0. The molecule has 0 saturated heterocycles. The van der Waals surface area contributed by atoms with E-state index >= 15 is 0 Å². The Kier molecular flexibility index (Phi) is 5.91. The minimum Gasteiger partial charge on any atom is -0.334 e. The average Bonchev–Trinajstić information content (AvgIpc) is 3.35. The zero-order valence-corrected chi connectivity index (χ0v) is 19.7. The first kappa shape index (κ1) is 22.5. The highest BCUT2D eigenvalue weighted by Gasteiger charge is 2.36. The van der Waals surface area contributed by atoms with Gasteiger partial charge in [0.25, 0.3) is 5.89 Å². The van der Waals surface area contributed by atoms with Crippen LogP contribution in [0, 0.1) is 12.7 Å². The molecular weight excluding hydrogens is 443 g/mol. The predicted octanol–water partition coefficient (Wildman–Crippen LogP) is 6.45. The van der Waals surface area contributed by atoms with Crippen molar-refractivity contribution in [1.29, 1.82) is 0 Å². The van der Waals surface area contributed by atoms with Crippen LogP contribution in [0.15, 0.2) is 83.0 Å². The van der Waals surface area contributed by atoms with Gasteiger partial charge in [0.2, 0.25) is 5.82 Å². The summed E-state index contributed by atoms with van der Waals surface area (Å²) in [5, 5.41) is 7.28. The summed E-state index contributed by atoms with van der Waals surface area (Å²) in [5.41, 5.74) is 5.92. The molecule has 3 aromatic carbocycles. The molecule has 1 atom stereocenters. The Labute approximate surface area is 203 Å². The van der Waals surface area contributed by atoms with Crippen LogP contribution in [0.4, 0.5) is 14.9 Å². The SMILES string of the molecule is CCc1ccc(C2NC(=O)N(c3ccc(F)cc3)C(C)=C2c2nc(-c3ccc(C)cc3)no2)cc1. The molecule has 176 valence electrons. The average molecular weight is 469 g/mol. The van der Waals surface area contributed by atoms with Gasteiger partial charge in [-0.25, -0.2) is 9.18 Å². The fraction of sp³-hybridized carbons (Fsp3) is 0.179. The molecule has 1 N–H and O–H groups in total. The third kappa shape index (κ3) is 4.33. The summed E-state index contributed by atoms with van der Waals surface area (Å²) < 4.78 is 19.3. The molecule has 2 amide bonds. The molecule has 0 saturated carbocycles. The van der Waals surface area contributed by atoms with Gasteiger partial charge in [-0.05, 0) is 55.7 Å². The standard InChI is InChI=1S/C28H25FN4O2/c1-4-19-7-11-20(12-8-19)25-24(27-31-26(32-35-27)21-9-5-17(2)6-10-21)18(3)33(28(34)30-25)23-15-13-22(29)14-16-23/h5-16,25H,4H2,1-3H3,(H,30,34). The number of carbonyl (C=O) groups is 1. The smallest absolute Gasteiger partial charge is 0.326 e. The van der Waals surface area contributed by atoms with Crippen molar-refractivity contribution in [1.82, 2.24) is 15.5 Å². The Bertz CT molecular complexity index is 1390. The minimum absolute atomic E-state index is 0.315. The molecule has 1 aliphatic rings. The van der Waals surface area contributed by atoms with Crippen LogP contribution in [0.5, 0.6) is 0 Å². The molecular formula is C28H25FN4O2. The second kappa shape index (κ2) is 9.18. The van der Waals surface area contributed by atoms with Crippen molar-refractivity contribution in [2.24, 2.45) is 0 Å². The Hall–Kier alpha value is -4.26. The topological polar surface area (TPSA) is 71.3 Å². The third-order valence-corrected chi connectivity index (χ3v) is 6.26. The van der Waals surface area contributed by atoms with Gasteiger partial charge in [-0.3, -0.25) is 4.90 Å². The van der Waals surface area contributed by atoms with Crippen molar-refractivity contribution in [3.05, 3.63) is 107 Å². The Balaban J connectivity index is 1.63. The maximum absolute atomic E-state index is 13.6. The molecule has 1 unspecified atom stereocenters. The minimum atomic E-state index is -0.489.